The average molecular weight is 411 g/mol. The maximum Gasteiger partial charge on any atom is 0.305 e. The highest BCUT2D eigenvalue weighted by atomic mass is 32.1. The van der Waals surface area contributed by atoms with Crippen LogP contribution in [-0.2, 0) is 16.0 Å². The van der Waals surface area contributed by atoms with Crippen LogP contribution in [0.4, 0.5) is 5.95 Å². The van der Waals surface area contributed by atoms with Crippen LogP contribution in [0.2, 0.25) is 0 Å². The molecule has 3 heterocycles. The second-order valence-corrected chi connectivity index (χ2v) is 7.15. The number of esters is 1. The molecule has 10 heteroatoms. The number of amides is 1. The van der Waals surface area contributed by atoms with Crippen LogP contribution in [0.15, 0.2) is 35.8 Å². The molecule has 148 valence electrons. The molecule has 4 N–H and O–H groups in total. The van der Waals surface area contributed by atoms with Gasteiger partial charge < -0.3 is 19.8 Å². The summed E-state index contributed by atoms with van der Waals surface area (Å²) in [4.78, 5) is 39.5. The number of carbonyl (C=O) groups excluding carboxylic acids is 2. The lowest BCUT2D eigenvalue weighted by atomic mass is 10.1. The number of aromatic nitrogens is 4. The van der Waals surface area contributed by atoms with Crippen LogP contribution < -0.4 is 5.32 Å². The lowest BCUT2D eigenvalue weighted by molar-refractivity contribution is -0.140. The second-order valence-electron chi connectivity index (χ2n) is 6.21. The summed E-state index contributed by atoms with van der Waals surface area (Å²) in [5, 5.41) is 14.8. The lowest BCUT2D eigenvalue weighted by Gasteiger charge is -2.04. The highest BCUT2D eigenvalue weighted by Crippen LogP contribution is 2.31. The van der Waals surface area contributed by atoms with Gasteiger partial charge in [-0.3, -0.25) is 14.9 Å². The highest BCUT2D eigenvalue weighted by molar-refractivity contribution is 7.13. The second kappa shape index (κ2) is 7.76. The first-order valence-corrected chi connectivity index (χ1v) is 9.60. The average Bonchev–Trinajstić information content (AvgIpc) is 3.46. The van der Waals surface area contributed by atoms with Crippen molar-refractivity contribution in [3.63, 3.8) is 0 Å². The zero-order valence-corrected chi connectivity index (χ0v) is 16.2. The number of hydrogen-bond acceptors (Lipinski definition) is 7. The molecule has 0 aliphatic heterocycles. The van der Waals surface area contributed by atoms with E-state index in [0.717, 1.165) is 4.88 Å². The van der Waals surface area contributed by atoms with E-state index < -0.39 is 5.91 Å². The molecule has 29 heavy (non-hydrogen) atoms. The number of hydrogen-bond donors (Lipinski definition) is 4. The van der Waals surface area contributed by atoms with E-state index in [-0.39, 0.29) is 24.1 Å². The quantitative estimate of drug-likeness (QED) is 0.360. The number of phenols is 1. The third kappa shape index (κ3) is 3.83. The van der Waals surface area contributed by atoms with E-state index in [2.05, 4.69) is 30.0 Å². The number of aryl methyl sites for hydroxylation is 1. The molecule has 0 fully saturated rings. The van der Waals surface area contributed by atoms with Crippen molar-refractivity contribution in [3.8, 4) is 16.5 Å². The number of aromatic amines is 2. The van der Waals surface area contributed by atoms with Gasteiger partial charge in [0.2, 0.25) is 5.95 Å². The summed E-state index contributed by atoms with van der Waals surface area (Å²) in [7, 11) is 1.33. The number of nitrogens with one attached hydrogen (secondary N) is 3. The summed E-state index contributed by atoms with van der Waals surface area (Å²) in [6.07, 6.45) is 2.18. The number of rotatable bonds is 6. The van der Waals surface area contributed by atoms with Gasteiger partial charge in [-0.25, -0.2) is 9.97 Å². The minimum Gasteiger partial charge on any atom is -0.506 e. The summed E-state index contributed by atoms with van der Waals surface area (Å²) in [5.74, 6) is 0.0959. The standard InChI is InChI=1S/C19H17N5O4S/c1-28-14(26)7-4-10-9-20-19(21-10)24-18(27)11-5-6-12(25)16-15(11)22-17(23-16)13-3-2-8-29-13/h2-3,5-6,8-9,25H,4,7H2,1H3,(H,22,23)(H2,20,21,24,27). The van der Waals surface area contributed by atoms with Gasteiger partial charge >= 0.3 is 5.97 Å². The molecule has 0 radical (unpaired) electrons. The van der Waals surface area contributed by atoms with E-state index in [1.165, 1.54) is 30.6 Å². The van der Waals surface area contributed by atoms with Crippen molar-refractivity contribution < 1.29 is 19.4 Å². The van der Waals surface area contributed by atoms with Crippen LogP contribution in [0.3, 0.4) is 0 Å². The van der Waals surface area contributed by atoms with E-state index in [1.54, 1.807) is 6.20 Å². The Balaban J connectivity index is 1.57. The number of carbonyl (C=O) groups is 2. The normalized spacial score (nSPS) is 10.9. The number of aromatic hydroxyl groups is 1. The molecule has 0 spiro atoms. The van der Waals surface area contributed by atoms with Crippen molar-refractivity contribution in [3.05, 3.63) is 47.1 Å². The smallest absolute Gasteiger partial charge is 0.305 e. The molecule has 0 bridgehead atoms. The molecule has 1 amide bonds. The first kappa shape index (κ1) is 18.7. The largest absolute Gasteiger partial charge is 0.506 e. The number of nitrogens with zero attached hydrogens (tertiary/aromatic N) is 2. The van der Waals surface area contributed by atoms with Gasteiger partial charge in [0.1, 0.15) is 22.6 Å². The van der Waals surface area contributed by atoms with Gasteiger partial charge in [0.15, 0.2) is 0 Å². The SMILES string of the molecule is COC(=O)CCc1cnc(NC(=O)c2ccc(O)c3[nH]c(-c4cccs4)nc23)[nH]1. The highest BCUT2D eigenvalue weighted by Gasteiger charge is 2.18. The molecular formula is C19H17N5O4S. The molecule has 9 nitrogen and oxygen atoms in total. The van der Waals surface area contributed by atoms with Crippen LogP contribution in [0.1, 0.15) is 22.5 Å². The van der Waals surface area contributed by atoms with Gasteiger partial charge in [0.05, 0.1) is 30.2 Å². The number of ether oxygens (including phenoxy) is 1. The molecule has 1 aromatic carbocycles. The summed E-state index contributed by atoms with van der Waals surface area (Å²) < 4.78 is 4.61. The number of benzene rings is 1. The summed E-state index contributed by atoms with van der Waals surface area (Å²) in [6.45, 7) is 0. The van der Waals surface area contributed by atoms with Gasteiger partial charge in [-0.2, -0.15) is 0 Å². The summed E-state index contributed by atoms with van der Waals surface area (Å²) in [6, 6.07) is 6.75. The maximum absolute atomic E-state index is 12.8. The molecule has 0 aliphatic rings. The number of anilines is 1. The Morgan fingerprint density at radius 1 is 1.28 bits per heavy atom. The van der Waals surface area contributed by atoms with Crippen molar-refractivity contribution in [1.82, 2.24) is 19.9 Å². The third-order valence-corrected chi connectivity index (χ3v) is 5.19. The zero-order chi connectivity index (χ0) is 20.4. The van der Waals surface area contributed by atoms with Gasteiger partial charge in [-0.05, 0) is 30.0 Å². The monoisotopic (exact) mass is 411 g/mol. The molecule has 4 aromatic rings. The van der Waals surface area contributed by atoms with Gasteiger partial charge in [0, 0.05) is 5.69 Å². The van der Waals surface area contributed by atoms with E-state index in [9.17, 15) is 14.7 Å². The predicted molar refractivity (Wildman–Crippen MR) is 108 cm³/mol. The molecule has 0 aliphatic carbocycles. The van der Waals surface area contributed by atoms with Crippen LogP contribution in [0.5, 0.6) is 5.75 Å². The van der Waals surface area contributed by atoms with Crippen LogP contribution in [0.25, 0.3) is 21.7 Å². The number of fused-ring (bicyclic) bond motifs is 1. The fraction of sp³-hybridized carbons (Fsp3) is 0.158. The molecule has 4 rings (SSSR count). The number of thiophene rings is 1. The van der Waals surface area contributed by atoms with Crippen molar-refractivity contribution in [2.45, 2.75) is 12.8 Å². The number of phenolic OH excluding ortho intramolecular Hbond substituents is 1. The van der Waals surface area contributed by atoms with Gasteiger partial charge in [0.25, 0.3) is 5.91 Å². The first-order chi connectivity index (χ1) is 14.0. The number of H-pyrrole nitrogens is 2. The van der Waals surface area contributed by atoms with E-state index in [0.29, 0.717) is 34.5 Å². The molecule has 0 unspecified atom stereocenters. The topological polar surface area (TPSA) is 133 Å². The maximum atomic E-state index is 12.8. The van der Waals surface area contributed by atoms with Gasteiger partial charge in [-0.1, -0.05) is 6.07 Å². The first-order valence-electron chi connectivity index (χ1n) is 8.72. The Labute approximate surface area is 168 Å². The van der Waals surface area contributed by atoms with Crippen molar-refractivity contribution in [2.75, 3.05) is 12.4 Å². The molecule has 3 aromatic heterocycles. The molecular weight excluding hydrogens is 394 g/mol. The van der Waals surface area contributed by atoms with Crippen molar-refractivity contribution in [2.24, 2.45) is 0 Å². The molecule has 0 atom stereocenters. The van der Waals surface area contributed by atoms with Crippen LogP contribution in [0, 0.1) is 0 Å². The van der Waals surface area contributed by atoms with E-state index >= 15 is 0 Å². The Bertz CT molecular complexity index is 1180. The Morgan fingerprint density at radius 2 is 2.14 bits per heavy atom. The van der Waals surface area contributed by atoms with Crippen molar-refractivity contribution >= 4 is 40.2 Å². The lowest BCUT2D eigenvalue weighted by Crippen LogP contribution is -2.13. The number of methoxy groups -OCH3 is 1. The number of imidazole rings is 2. The van der Waals surface area contributed by atoms with Gasteiger partial charge in [-0.15, -0.1) is 11.3 Å². The molecule has 0 saturated carbocycles. The fourth-order valence-corrected chi connectivity index (χ4v) is 3.52. The van der Waals surface area contributed by atoms with Crippen LogP contribution >= 0.6 is 11.3 Å². The zero-order valence-electron chi connectivity index (χ0n) is 15.4. The Kier molecular flexibility index (Phi) is 5.00. The summed E-state index contributed by atoms with van der Waals surface area (Å²) >= 11 is 1.50. The Morgan fingerprint density at radius 3 is 2.90 bits per heavy atom. The predicted octanol–water partition coefficient (Wildman–Crippen LogP) is 3.08. The fourth-order valence-electron chi connectivity index (χ4n) is 2.85. The third-order valence-electron chi connectivity index (χ3n) is 4.31. The van der Waals surface area contributed by atoms with E-state index in [4.69, 9.17) is 0 Å². The van der Waals surface area contributed by atoms with E-state index in [1.807, 2.05) is 17.5 Å². The van der Waals surface area contributed by atoms with Crippen molar-refractivity contribution in [1.29, 1.82) is 0 Å². The minimum absolute atomic E-state index is 0.00921. The minimum atomic E-state index is -0.423. The summed E-state index contributed by atoms with van der Waals surface area (Å²) in [5.41, 5.74) is 1.74. The molecule has 0 saturated heterocycles. The Hall–Kier alpha value is -3.66. The van der Waals surface area contributed by atoms with Crippen LogP contribution in [-0.4, -0.2) is 44.0 Å².